The first-order valence-corrected chi connectivity index (χ1v) is 17.4. The lowest BCUT2D eigenvalue weighted by Gasteiger charge is -2.34. The number of ether oxygens (including phenoxy) is 2. The molecule has 2 amide bonds. The Morgan fingerprint density at radius 1 is 0.792 bits per heavy atom. The van der Waals surface area contributed by atoms with Crippen molar-refractivity contribution in [3.63, 3.8) is 0 Å². The summed E-state index contributed by atoms with van der Waals surface area (Å²) in [4.78, 5) is 30.2. The molecular formula is C38H45N3O6S. The summed E-state index contributed by atoms with van der Waals surface area (Å²) in [6.45, 7) is 7.24. The van der Waals surface area contributed by atoms with Crippen molar-refractivity contribution in [2.75, 3.05) is 25.1 Å². The van der Waals surface area contributed by atoms with E-state index in [0.717, 1.165) is 26.6 Å². The summed E-state index contributed by atoms with van der Waals surface area (Å²) in [5.74, 6) is -0.139. The Morgan fingerprint density at radius 2 is 1.46 bits per heavy atom. The molecule has 4 rings (SSSR count). The van der Waals surface area contributed by atoms with Crippen molar-refractivity contribution in [3.8, 4) is 11.5 Å². The number of carbonyl (C=O) groups is 2. The van der Waals surface area contributed by atoms with Crippen LogP contribution >= 0.6 is 0 Å². The predicted molar refractivity (Wildman–Crippen MR) is 189 cm³/mol. The zero-order valence-electron chi connectivity index (χ0n) is 28.5. The molecular weight excluding hydrogens is 627 g/mol. The first-order chi connectivity index (χ1) is 23.0. The Bertz CT molecular complexity index is 1800. The van der Waals surface area contributed by atoms with Crippen LogP contribution in [-0.4, -0.2) is 58.0 Å². The van der Waals surface area contributed by atoms with E-state index < -0.39 is 28.5 Å². The molecule has 254 valence electrons. The summed E-state index contributed by atoms with van der Waals surface area (Å²) < 4.78 is 40.6. The molecule has 0 fully saturated rings. The number of hydrogen-bond acceptors (Lipinski definition) is 6. The molecule has 0 aromatic heterocycles. The largest absolute Gasteiger partial charge is 0.493 e. The molecule has 9 nitrogen and oxygen atoms in total. The van der Waals surface area contributed by atoms with E-state index in [9.17, 15) is 18.0 Å². The van der Waals surface area contributed by atoms with Gasteiger partial charge in [-0.15, -0.1) is 0 Å². The molecule has 0 saturated heterocycles. The van der Waals surface area contributed by atoms with E-state index in [1.165, 1.54) is 37.3 Å². The Labute approximate surface area is 284 Å². The summed E-state index contributed by atoms with van der Waals surface area (Å²) in [5.41, 5.74) is 3.78. The van der Waals surface area contributed by atoms with Gasteiger partial charge in [0.25, 0.3) is 10.0 Å². The van der Waals surface area contributed by atoms with Crippen molar-refractivity contribution in [1.29, 1.82) is 0 Å². The Hall–Kier alpha value is -4.83. The summed E-state index contributed by atoms with van der Waals surface area (Å²) >= 11 is 0. The van der Waals surface area contributed by atoms with Gasteiger partial charge in [-0.05, 0) is 62.6 Å². The molecule has 48 heavy (non-hydrogen) atoms. The van der Waals surface area contributed by atoms with Gasteiger partial charge in [-0.25, -0.2) is 8.42 Å². The van der Waals surface area contributed by atoms with Gasteiger partial charge in [-0.3, -0.25) is 13.9 Å². The second-order valence-corrected chi connectivity index (χ2v) is 13.8. The van der Waals surface area contributed by atoms with Crippen LogP contribution in [0.5, 0.6) is 11.5 Å². The van der Waals surface area contributed by atoms with Gasteiger partial charge in [0.15, 0.2) is 11.5 Å². The first kappa shape index (κ1) is 36.0. The molecule has 0 radical (unpaired) electrons. The number of nitrogens with zero attached hydrogens (tertiary/aromatic N) is 2. The average Bonchev–Trinajstić information content (AvgIpc) is 3.08. The molecule has 0 bridgehead atoms. The number of sulfonamides is 1. The maximum atomic E-state index is 14.7. The van der Waals surface area contributed by atoms with Crippen molar-refractivity contribution in [1.82, 2.24) is 10.2 Å². The van der Waals surface area contributed by atoms with Crippen LogP contribution in [0.25, 0.3) is 0 Å². The zero-order chi connectivity index (χ0) is 34.8. The van der Waals surface area contributed by atoms with Gasteiger partial charge in [-0.2, -0.15) is 0 Å². The van der Waals surface area contributed by atoms with Gasteiger partial charge in [-0.1, -0.05) is 84.8 Å². The van der Waals surface area contributed by atoms with Gasteiger partial charge in [0.2, 0.25) is 11.8 Å². The number of nitrogens with one attached hydrogen (secondary N) is 1. The number of aryl methyl sites for hydroxylation is 2. The number of carbonyl (C=O) groups excluding carboxylic acids is 2. The number of anilines is 1. The molecule has 2 atom stereocenters. The number of rotatable bonds is 15. The minimum absolute atomic E-state index is 0.0243. The summed E-state index contributed by atoms with van der Waals surface area (Å²) in [6, 6.07) is 27.3. The van der Waals surface area contributed by atoms with Crippen LogP contribution in [0, 0.1) is 13.8 Å². The highest BCUT2D eigenvalue weighted by Gasteiger charge is 2.35. The van der Waals surface area contributed by atoms with Crippen LogP contribution in [-0.2, 0) is 32.6 Å². The number of hydrogen-bond donors (Lipinski definition) is 1. The normalized spacial score (nSPS) is 12.5. The highest BCUT2D eigenvalue weighted by Crippen LogP contribution is 2.34. The van der Waals surface area contributed by atoms with E-state index in [0.29, 0.717) is 17.9 Å². The standard InChI is InChI=1S/C38H45N3O6S/c1-7-29(4)39-38(43)34(23-30-13-9-8-10-14-30)40(25-31-15-11-12-28(3)22-31)37(42)26-41(32-18-21-35(46-5)36(24-32)47-6)48(44,45)33-19-16-27(2)17-20-33/h8-22,24,29,34H,7,23,25-26H2,1-6H3,(H,39,43)/t29-,34-/m1/s1. The van der Waals surface area contributed by atoms with Gasteiger partial charge in [0.1, 0.15) is 12.6 Å². The lowest BCUT2D eigenvalue weighted by molar-refractivity contribution is -0.140. The van der Waals surface area contributed by atoms with E-state index in [-0.39, 0.29) is 35.5 Å². The smallest absolute Gasteiger partial charge is 0.264 e. The molecule has 0 spiro atoms. The summed E-state index contributed by atoms with van der Waals surface area (Å²) in [7, 11) is -1.32. The fourth-order valence-corrected chi connectivity index (χ4v) is 6.75. The average molecular weight is 672 g/mol. The fraction of sp³-hybridized carbons (Fsp3) is 0.316. The lowest BCUT2D eigenvalue weighted by Crippen LogP contribution is -2.54. The monoisotopic (exact) mass is 671 g/mol. The Kier molecular flexibility index (Phi) is 12.2. The molecule has 0 aliphatic heterocycles. The minimum Gasteiger partial charge on any atom is -0.493 e. The van der Waals surface area contributed by atoms with Gasteiger partial charge in [0.05, 0.1) is 24.8 Å². The Morgan fingerprint density at radius 3 is 2.08 bits per heavy atom. The lowest BCUT2D eigenvalue weighted by atomic mass is 10.0. The van der Waals surface area contributed by atoms with Crippen molar-refractivity contribution in [3.05, 3.63) is 119 Å². The summed E-state index contributed by atoms with van der Waals surface area (Å²) in [5, 5.41) is 3.06. The van der Waals surface area contributed by atoms with E-state index in [1.54, 1.807) is 24.3 Å². The highest BCUT2D eigenvalue weighted by atomic mass is 32.2. The third kappa shape index (κ3) is 8.95. The third-order valence-electron chi connectivity index (χ3n) is 8.25. The first-order valence-electron chi connectivity index (χ1n) is 16.0. The van der Waals surface area contributed by atoms with Gasteiger partial charge < -0.3 is 19.7 Å². The van der Waals surface area contributed by atoms with Crippen LogP contribution in [0.3, 0.4) is 0 Å². The number of methoxy groups -OCH3 is 2. The molecule has 0 aliphatic carbocycles. The molecule has 0 unspecified atom stereocenters. The second kappa shape index (κ2) is 16.3. The van der Waals surface area contributed by atoms with E-state index >= 15 is 0 Å². The maximum absolute atomic E-state index is 14.7. The highest BCUT2D eigenvalue weighted by molar-refractivity contribution is 7.92. The van der Waals surface area contributed by atoms with Crippen molar-refractivity contribution >= 4 is 27.5 Å². The minimum atomic E-state index is -4.26. The molecule has 0 saturated carbocycles. The zero-order valence-corrected chi connectivity index (χ0v) is 29.3. The topological polar surface area (TPSA) is 105 Å². The molecule has 1 N–H and O–H groups in total. The third-order valence-corrected chi connectivity index (χ3v) is 10.0. The van der Waals surface area contributed by atoms with Gasteiger partial charge >= 0.3 is 0 Å². The van der Waals surface area contributed by atoms with Crippen LogP contribution in [0.15, 0.2) is 102 Å². The van der Waals surface area contributed by atoms with Crippen molar-refractivity contribution in [2.24, 2.45) is 0 Å². The summed E-state index contributed by atoms with van der Waals surface area (Å²) in [6.07, 6.45) is 0.944. The van der Waals surface area contributed by atoms with E-state index in [4.69, 9.17) is 9.47 Å². The van der Waals surface area contributed by atoms with Crippen molar-refractivity contribution < 1.29 is 27.5 Å². The number of benzene rings is 4. The number of amides is 2. The van der Waals surface area contributed by atoms with Gasteiger partial charge in [0, 0.05) is 25.1 Å². The van der Waals surface area contributed by atoms with E-state index in [2.05, 4.69) is 5.32 Å². The molecule has 4 aromatic carbocycles. The molecule has 0 heterocycles. The van der Waals surface area contributed by atoms with Crippen LogP contribution in [0.1, 0.15) is 42.5 Å². The van der Waals surface area contributed by atoms with Crippen LogP contribution in [0.2, 0.25) is 0 Å². The predicted octanol–water partition coefficient (Wildman–Crippen LogP) is 6.07. The Balaban J connectivity index is 1.85. The molecule has 0 aliphatic rings. The molecule has 4 aromatic rings. The van der Waals surface area contributed by atoms with Crippen LogP contribution in [0.4, 0.5) is 5.69 Å². The fourth-order valence-electron chi connectivity index (χ4n) is 5.35. The van der Waals surface area contributed by atoms with E-state index in [1.807, 2.05) is 82.3 Å². The second-order valence-electron chi connectivity index (χ2n) is 11.9. The van der Waals surface area contributed by atoms with Crippen LogP contribution < -0.4 is 19.1 Å². The maximum Gasteiger partial charge on any atom is 0.264 e. The molecule has 10 heteroatoms. The quantitative estimate of drug-likeness (QED) is 0.165. The SMILES string of the molecule is CC[C@@H](C)NC(=O)[C@@H](Cc1ccccc1)N(Cc1cccc(C)c1)C(=O)CN(c1ccc(OC)c(OC)c1)S(=O)(=O)c1ccc(C)cc1. The van der Waals surface area contributed by atoms with Crippen molar-refractivity contribution in [2.45, 2.75) is 64.1 Å².